The number of unbranched alkanes of at least 4 members (excludes halogenated alkanes) is 1. The number of rotatable bonds is 7. The Hall–Kier alpha value is -0.940. The van der Waals surface area contributed by atoms with E-state index in [0.29, 0.717) is 5.88 Å². The van der Waals surface area contributed by atoms with Crippen molar-refractivity contribution in [3.63, 3.8) is 0 Å². The molecule has 0 N–H and O–H groups in total. The number of thioether (sulfide) groups is 1. The van der Waals surface area contributed by atoms with Gasteiger partial charge in [-0.3, -0.25) is 0 Å². The molecule has 110 valence electrons. The second-order valence-corrected chi connectivity index (χ2v) is 6.27. The lowest BCUT2D eigenvalue weighted by Gasteiger charge is -2.10. The van der Waals surface area contributed by atoms with Crippen LogP contribution in [0.15, 0.2) is 12.1 Å². The summed E-state index contributed by atoms with van der Waals surface area (Å²) in [7, 11) is 1.62. The molecule has 20 heavy (non-hydrogen) atoms. The van der Waals surface area contributed by atoms with Gasteiger partial charge >= 0.3 is 0 Å². The van der Waals surface area contributed by atoms with Gasteiger partial charge < -0.3 is 9.30 Å². The highest BCUT2D eigenvalue weighted by Crippen LogP contribution is 2.25. The average molecular weight is 314 g/mol. The van der Waals surface area contributed by atoms with Crippen molar-refractivity contribution in [2.75, 3.05) is 19.1 Å². The standard InChI is InChI=1S/C14H20ClN3OS/c1-10(15)13-16-11-6-7-12(19-2)17-14(11)18(13)8-4-5-9-20-3/h6-7,10H,4-5,8-9H2,1-3H3. The zero-order chi connectivity index (χ0) is 14.5. The molecule has 6 heteroatoms. The van der Waals surface area contributed by atoms with Gasteiger partial charge in [-0.1, -0.05) is 0 Å². The van der Waals surface area contributed by atoms with Crippen LogP contribution in [-0.4, -0.2) is 33.7 Å². The van der Waals surface area contributed by atoms with E-state index in [1.807, 2.05) is 30.8 Å². The molecule has 1 unspecified atom stereocenters. The SMILES string of the molecule is COc1ccc2nc(C(C)Cl)n(CCCCSC)c2n1. The van der Waals surface area contributed by atoms with Crippen LogP contribution in [0, 0.1) is 0 Å². The topological polar surface area (TPSA) is 39.9 Å². The number of methoxy groups -OCH3 is 1. The molecule has 2 rings (SSSR count). The highest BCUT2D eigenvalue weighted by atomic mass is 35.5. The Morgan fingerprint density at radius 1 is 1.35 bits per heavy atom. The van der Waals surface area contributed by atoms with Gasteiger partial charge in [-0.2, -0.15) is 16.7 Å². The Labute approximate surface area is 128 Å². The smallest absolute Gasteiger partial charge is 0.215 e. The number of hydrogen-bond donors (Lipinski definition) is 0. The Balaban J connectivity index is 2.33. The second kappa shape index (κ2) is 7.18. The van der Waals surface area contributed by atoms with E-state index >= 15 is 0 Å². The third-order valence-electron chi connectivity index (χ3n) is 3.14. The third kappa shape index (κ3) is 3.38. The minimum Gasteiger partial charge on any atom is -0.481 e. The van der Waals surface area contributed by atoms with E-state index in [9.17, 15) is 0 Å². The van der Waals surface area contributed by atoms with Gasteiger partial charge in [-0.25, -0.2) is 4.98 Å². The summed E-state index contributed by atoms with van der Waals surface area (Å²) >= 11 is 8.12. The third-order valence-corrected chi connectivity index (χ3v) is 4.03. The number of nitrogens with zero attached hydrogens (tertiary/aromatic N) is 3. The van der Waals surface area contributed by atoms with Crippen molar-refractivity contribution in [3.05, 3.63) is 18.0 Å². The summed E-state index contributed by atoms with van der Waals surface area (Å²) in [5.41, 5.74) is 1.73. The van der Waals surface area contributed by atoms with Crippen molar-refractivity contribution >= 4 is 34.5 Å². The molecular weight excluding hydrogens is 294 g/mol. The molecule has 0 radical (unpaired) electrons. The lowest BCUT2D eigenvalue weighted by Crippen LogP contribution is -2.06. The van der Waals surface area contributed by atoms with Crippen LogP contribution in [0.3, 0.4) is 0 Å². The molecule has 0 aliphatic carbocycles. The fourth-order valence-corrected chi connectivity index (χ4v) is 2.82. The number of aryl methyl sites for hydroxylation is 1. The molecule has 2 heterocycles. The molecule has 0 fully saturated rings. The maximum atomic E-state index is 6.25. The van der Waals surface area contributed by atoms with Crippen LogP contribution in [0.2, 0.25) is 0 Å². The predicted octanol–water partition coefficient (Wildman–Crippen LogP) is 3.88. The number of alkyl halides is 1. The normalized spacial score (nSPS) is 12.8. The van der Waals surface area contributed by atoms with E-state index in [1.165, 1.54) is 12.2 Å². The summed E-state index contributed by atoms with van der Waals surface area (Å²) in [6.07, 6.45) is 4.41. The number of pyridine rings is 1. The largest absolute Gasteiger partial charge is 0.481 e. The van der Waals surface area contributed by atoms with E-state index in [2.05, 4.69) is 20.8 Å². The Morgan fingerprint density at radius 2 is 2.15 bits per heavy atom. The average Bonchev–Trinajstić information content (AvgIpc) is 2.81. The maximum Gasteiger partial charge on any atom is 0.215 e. The first-order valence-electron chi connectivity index (χ1n) is 6.71. The van der Waals surface area contributed by atoms with Crippen LogP contribution >= 0.6 is 23.4 Å². The number of ether oxygens (including phenoxy) is 1. The van der Waals surface area contributed by atoms with Gasteiger partial charge in [0.1, 0.15) is 11.3 Å². The minimum atomic E-state index is -0.129. The van der Waals surface area contributed by atoms with Gasteiger partial charge in [-0.05, 0) is 37.8 Å². The number of imidazole rings is 1. The van der Waals surface area contributed by atoms with Crippen molar-refractivity contribution in [2.24, 2.45) is 0 Å². The van der Waals surface area contributed by atoms with Crippen molar-refractivity contribution in [2.45, 2.75) is 31.7 Å². The molecule has 0 saturated carbocycles. The summed E-state index contributed by atoms with van der Waals surface area (Å²) in [6.45, 7) is 2.84. The molecule has 0 aromatic carbocycles. The highest BCUT2D eigenvalue weighted by molar-refractivity contribution is 7.98. The van der Waals surface area contributed by atoms with Crippen LogP contribution < -0.4 is 4.74 Å². The molecule has 2 aromatic heterocycles. The lowest BCUT2D eigenvalue weighted by atomic mass is 10.3. The Bertz CT molecular complexity index is 571. The molecule has 4 nitrogen and oxygen atoms in total. The van der Waals surface area contributed by atoms with Gasteiger partial charge in [0.25, 0.3) is 0 Å². The predicted molar refractivity (Wildman–Crippen MR) is 86.0 cm³/mol. The van der Waals surface area contributed by atoms with Crippen LogP contribution in [0.25, 0.3) is 11.2 Å². The number of halogens is 1. The highest BCUT2D eigenvalue weighted by Gasteiger charge is 2.16. The molecule has 0 spiro atoms. The summed E-state index contributed by atoms with van der Waals surface area (Å²) in [5, 5.41) is -0.129. The summed E-state index contributed by atoms with van der Waals surface area (Å²) in [5.74, 6) is 2.66. The minimum absolute atomic E-state index is 0.129. The first kappa shape index (κ1) is 15.4. The summed E-state index contributed by atoms with van der Waals surface area (Å²) < 4.78 is 7.32. The van der Waals surface area contributed by atoms with Crippen LogP contribution in [0.1, 0.15) is 31.0 Å². The van der Waals surface area contributed by atoms with E-state index in [1.54, 1.807) is 7.11 Å². The quantitative estimate of drug-likeness (QED) is 0.574. The Kier molecular flexibility index (Phi) is 5.54. The fourth-order valence-electron chi connectivity index (χ4n) is 2.16. The van der Waals surface area contributed by atoms with Crippen LogP contribution in [0.4, 0.5) is 0 Å². The molecular formula is C14H20ClN3OS. The van der Waals surface area contributed by atoms with Crippen LogP contribution in [0.5, 0.6) is 5.88 Å². The van der Waals surface area contributed by atoms with E-state index in [0.717, 1.165) is 30.0 Å². The number of aromatic nitrogens is 3. The molecule has 1 atom stereocenters. The van der Waals surface area contributed by atoms with Crippen molar-refractivity contribution in [1.82, 2.24) is 14.5 Å². The first-order valence-corrected chi connectivity index (χ1v) is 8.54. The van der Waals surface area contributed by atoms with Crippen molar-refractivity contribution in [1.29, 1.82) is 0 Å². The summed E-state index contributed by atoms with van der Waals surface area (Å²) in [6, 6.07) is 3.76. The molecule has 0 aliphatic heterocycles. The van der Waals surface area contributed by atoms with Crippen molar-refractivity contribution in [3.8, 4) is 5.88 Å². The molecule has 0 aliphatic rings. The zero-order valence-corrected chi connectivity index (χ0v) is 13.7. The number of hydrogen-bond acceptors (Lipinski definition) is 4. The second-order valence-electron chi connectivity index (χ2n) is 4.63. The fraction of sp³-hybridized carbons (Fsp3) is 0.571. The Morgan fingerprint density at radius 3 is 2.80 bits per heavy atom. The first-order chi connectivity index (χ1) is 9.67. The molecule has 0 amide bonds. The van der Waals surface area contributed by atoms with Gasteiger partial charge in [0, 0.05) is 12.6 Å². The monoisotopic (exact) mass is 313 g/mol. The molecule has 0 saturated heterocycles. The van der Waals surface area contributed by atoms with Crippen LogP contribution in [-0.2, 0) is 6.54 Å². The lowest BCUT2D eigenvalue weighted by molar-refractivity contribution is 0.398. The van der Waals surface area contributed by atoms with Gasteiger partial charge in [0.2, 0.25) is 5.88 Å². The summed E-state index contributed by atoms with van der Waals surface area (Å²) in [4.78, 5) is 9.10. The van der Waals surface area contributed by atoms with Gasteiger partial charge in [-0.15, -0.1) is 11.6 Å². The van der Waals surface area contributed by atoms with Crippen molar-refractivity contribution < 1.29 is 4.74 Å². The van der Waals surface area contributed by atoms with Gasteiger partial charge in [0.15, 0.2) is 5.65 Å². The number of fused-ring (bicyclic) bond motifs is 1. The van der Waals surface area contributed by atoms with E-state index in [4.69, 9.17) is 16.3 Å². The van der Waals surface area contributed by atoms with Gasteiger partial charge in [0.05, 0.1) is 12.5 Å². The van der Waals surface area contributed by atoms with E-state index < -0.39 is 0 Å². The van der Waals surface area contributed by atoms with E-state index in [-0.39, 0.29) is 5.38 Å². The molecule has 0 bridgehead atoms. The molecule has 2 aromatic rings. The maximum absolute atomic E-state index is 6.25. The zero-order valence-electron chi connectivity index (χ0n) is 12.1.